The van der Waals surface area contributed by atoms with Crippen LogP contribution in [0.25, 0.3) is 0 Å². The predicted octanol–water partition coefficient (Wildman–Crippen LogP) is 2.17. The first-order valence-corrected chi connectivity index (χ1v) is 8.54. The molecule has 4 N–H and O–H groups in total. The summed E-state index contributed by atoms with van der Waals surface area (Å²) in [6.45, 7) is 2.13. The minimum Gasteiger partial charge on any atom is -0.397 e. The van der Waals surface area contributed by atoms with Gasteiger partial charge in [0.1, 0.15) is 0 Å². The Bertz CT molecular complexity index is 568. The van der Waals surface area contributed by atoms with Gasteiger partial charge in [-0.15, -0.1) is 0 Å². The van der Waals surface area contributed by atoms with E-state index in [4.69, 9.17) is 5.73 Å². The van der Waals surface area contributed by atoms with Crippen LogP contribution in [0.1, 0.15) is 32.6 Å². The first-order chi connectivity index (χ1) is 9.46. The third-order valence-electron chi connectivity index (χ3n) is 3.77. The second-order valence-electron chi connectivity index (χ2n) is 5.39. The first kappa shape index (κ1) is 15.1. The molecule has 1 aromatic rings. The van der Waals surface area contributed by atoms with Gasteiger partial charge in [-0.1, -0.05) is 19.8 Å². The summed E-state index contributed by atoms with van der Waals surface area (Å²) in [6.07, 6.45) is 4.74. The minimum absolute atomic E-state index is 0.234. The van der Waals surface area contributed by atoms with Gasteiger partial charge in [0.2, 0.25) is 10.0 Å². The number of sulfonamides is 1. The lowest BCUT2D eigenvalue weighted by Crippen LogP contribution is -2.22. The fourth-order valence-corrected chi connectivity index (χ4v) is 3.00. The topological polar surface area (TPSA) is 84.2 Å². The van der Waals surface area contributed by atoms with Crippen molar-refractivity contribution in [2.75, 3.05) is 18.1 Å². The Hall–Kier alpha value is -1.27. The zero-order chi connectivity index (χ0) is 14.8. The van der Waals surface area contributed by atoms with Crippen molar-refractivity contribution in [3.63, 3.8) is 0 Å². The highest BCUT2D eigenvalue weighted by Crippen LogP contribution is 2.35. The van der Waals surface area contributed by atoms with Gasteiger partial charge in [-0.05, 0) is 44.0 Å². The molecule has 0 heterocycles. The monoisotopic (exact) mass is 297 g/mol. The number of hydrogen-bond acceptors (Lipinski definition) is 4. The summed E-state index contributed by atoms with van der Waals surface area (Å²) >= 11 is 0. The minimum atomic E-state index is -3.44. The molecular formula is C14H23N3O2S. The molecular weight excluding hydrogens is 274 g/mol. The highest BCUT2D eigenvalue weighted by molar-refractivity contribution is 7.89. The number of benzene rings is 1. The number of nitrogen functional groups attached to an aromatic ring is 1. The van der Waals surface area contributed by atoms with E-state index in [-0.39, 0.29) is 4.90 Å². The van der Waals surface area contributed by atoms with Crippen molar-refractivity contribution < 1.29 is 8.42 Å². The van der Waals surface area contributed by atoms with Crippen LogP contribution in [0.2, 0.25) is 0 Å². The van der Waals surface area contributed by atoms with Gasteiger partial charge in [0.25, 0.3) is 0 Å². The summed E-state index contributed by atoms with van der Waals surface area (Å²) in [6, 6.07) is 5.11. The third-order valence-corrected chi connectivity index (χ3v) is 5.18. The van der Waals surface area contributed by atoms with E-state index in [1.54, 1.807) is 12.1 Å². The molecule has 1 atom stereocenters. The van der Waals surface area contributed by atoms with E-state index in [9.17, 15) is 8.42 Å². The maximum atomic E-state index is 11.8. The molecule has 0 radical (unpaired) electrons. The molecule has 0 spiro atoms. The summed E-state index contributed by atoms with van der Waals surface area (Å²) in [5.74, 6) is 0.817. The molecule has 1 aromatic carbocycles. The lowest BCUT2D eigenvalue weighted by Gasteiger charge is -2.20. The first-order valence-electron chi connectivity index (χ1n) is 7.06. The summed E-state index contributed by atoms with van der Waals surface area (Å²) in [7, 11) is -2.03. The van der Waals surface area contributed by atoms with Gasteiger partial charge >= 0.3 is 0 Å². The van der Waals surface area contributed by atoms with E-state index >= 15 is 0 Å². The van der Waals surface area contributed by atoms with Crippen LogP contribution in [0.3, 0.4) is 0 Å². The van der Waals surface area contributed by atoms with Crippen LogP contribution in [0, 0.1) is 5.92 Å². The number of nitrogens with one attached hydrogen (secondary N) is 2. The van der Waals surface area contributed by atoms with Crippen molar-refractivity contribution in [3.05, 3.63) is 18.2 Å². The maximum absolute atomic E-state index is 11.8. The molecule has 1 fully saturated rings. The molecule has 1 aliphatic rings. The summed E-state index contributed by atoms with van der Waals surface area (Å²) in [4.78, 5) is 0.234. The van der Waals surface area contributed by atoms with E-state index in [0.29, 0.717) is 17.4 Å². The van der Waals surface area contributed by atoms with E-state index < -0.39 is 10.0 Å². The van der Waals surface area contributed by atoms with Crippen LogP contribution in [0.4, 0.5) is 11.4 Å². The van der Waals surface area contributed by atoms with Crippen LogP contribution in [0.15, 0.2) is 23.1 Å². The van der Waals surface area contributed by atoms with Gasteiger partial charge in [0, 0.05) is 6.04 Å². The molecule has 2 rings (SSSR count). The lowest BCUT2D eigenvalue weighted by molar-refractivity contribution is 0.585. The van der Waals surface area contributed by atoms with Gasteiger partial charge in [-0.2, -0.15) is 0 Å². The lowest BCUT2D eigenvalue weighted by atomic mass is 10.1. The smallest absolute Gasteiger partial charge is 0.240 e. The normalized spacial score (nSPS) is 16.9. The highest BCUT2D eigenvalue weighted by atomic mass is 32.2. The Balaban J connectivity index is 2.19. The van der Waals surface area contributed by atoms with Crippen molar-refractivity contribution >= 4 is 21.4 Å². The second kappa shape index (κ2) is 6.01. The van der Waals surface area contributed by atoms with Crippen LogP contribution in [0.5, 0.6) is 0 Å². The van der Waals surface area contributed by atoms with Crippen LogP contribution >= 0.6 is 0 Å². The quantitative estimate of drug-likeness (QED) is 0.673. The van der Waals surface area contributed by atoms with Gasteiger partial charge in [0.15, 0.2) is 0 Å². The standard InChI is InChI=1S/C14H23N3O2S/c1-3-11(8-10-4-5-10)17-14-9-12(6-7-13(14)15)20(18,19)16-2/h6-7,9-11,16-17H,3-5,8,15H2,1-2H3. The molecule has 6 heteroatoms. The molecule has 5 nitrogen and oxygen atoms in total. The van der Waals surface area contributed by atoms with Gasteiger partial charge in [-0.3, -0.25) is 0 Å². The second-order valence-corrected chi connectivity index (χ2v) is 7.27. The Morgan fingerprint density at radius 2 is 2.10 bits per heavy atom. The number of hydrogen-bond donors (Lipinski definition) is 3. The molecule has 0 saturated heterocycles. The highest BCUT2D eigenvalue weighted by Gasteiger charge is 2.25. The third kappa shape index (κ3) is 3.64. The largest absolute Gasteiger partial charge is 0.397 e. The van der Waals surface area contributed by atoms with Gasteiger partial charge < -0.3 is 11.1 Å². The fraction of sp³-hybridized carbons (Fsp3) is 0.571. The summed E-state index contributed by atoms with van der Waals surface area (Å²) in [5, 5.41) is 3.39. The molecule has 0 bridgehead atoms. The van der Waals surface area contributed by atoms with Gasteiger partial charge in [0.05, 0.1) is 16.3 Å². The van der Waals surface area contributed by atoms with E-state index in [2.05, 4.69) is 17.0 Å². The van der Waals surface area contributed by atoms with Crippen molar-refractivity contribution in [2.24, 2.45) is 5.92 Å². The SMILES string of the molecule is CCC(CC1CC1)Nc1cc(S(=O)(=O)NC)ccc1N. The average molecular weight is 297 g/mol. The molecule has 20 heavy (non-hydrogen) atoms. The Morgan fingerprint density at radius 1 is 1.40 bits per heavy atom. The van der Waals surface area contributed by atoms with Crippen molar-refractivity contribution in [3.8, 4) is 0 Å². The van der Waals surface area contributed by atoms with E-state index in [1.807, 2.05) is 0 Å². The zero-order valence-corrected chi connectivity index (χ0v) is 12.8. The number of anilines is 2. The number of rotatable bonds is 7. The zero-order valence-electron chi connectivity index (χ0n) is 12.0. The summed E-state index contributed by atoms with van der Waals surface area (Å²) in [5.41, 5.74) is 7.23. The predicted molar refractivity (Wildman–Crippen MR) is 82.1 cm³/mol. The van der Waals surface area contributed by atoms with Gasteiger partial charge in [-0.25, -0.2) is 13.1 Å². The Morgan fingerprint density at radius 3 is 2.65 bits per heavy atom. The summed E-state index contributed by atoms with van der Waals surface area (Å²) < 4.78 is 26.0. The van der Waals surface area contributed by atoms with E-state index in [0.717, 1.165) is 18.8 Å². The Labute approximate surface area is 121 Å². The van der Waals surface area contributed by atoms with Crippen molar-refractivity contribution in [2.45, 2.75) is 43.5 Å². The van der Waals surface area contributed by atoms with Crippen LogP contribution in [-0.4, -0.2) is 21.5 Å². The van der Waals surface area contributed by atoms with Crippen molar-refractivity contribution in [1.29, 1.82) is 0 Å². The van der Waals surface area contributed by atoms with Crippen molar-refractivity contribution in [1.82, 2.24) is 4.72 Å². The molecule has 0 aromatic heterocycles. The molecule has 1 aliphatic carbocycles. The molecule has 1 saturated carbocycles. The van der Waals surface area contributed by atoms with Crippen LogP contribution in [-0.2, 0) is 10.0 Å². The molecule has 0 aliphatic heterocycles. The molecule has 112 valence electrons. The van der Waals surface area contributed by atoms with E-state index in [1.165, 1.54) is 26.0 Å². The Kier molecular flexibility index (Phi) is 4.55. The number of nitrogens with two attached hydrogens (primary N) is 1. The average Bonchev–Trinajstić information content (AvgIpc) is 3.24. The molecule has 1 unspecified atom stereocenters. The molecule has 0 amide bonds. The maximum Gasteiger partial charge on any atom is 0.240 e. The van der Waals surface area contributed by atoms with Crippen LogP contribution < -0.4 is 15.8 Å². The fourth-order valence-electron chi connectivity index (χ4n) is 2.25.